The van der Waals surface area contributed by atoms with Gasteiger partial charge in [-0.1, -0.05) is 45.7 Å². The maximum atomic E-state index is 6.15. The van der Waals surface area contributed by atoms with Gasteiger partial charge in [0.25, 0.3) is 0 Å². The van der Waals surface area contributed by atoms with Crippen LogP contribution in [0.15, 0.2) is 35.0 Å². The average molecular weight is 316 g/mol. The number of thiophene rings is 1. The van der Waals surface area contributed by atoms with Crippen molar-refractivity contribution in [3.05, 3.63) is 56.7 Å². The molecule has 0 radical (unpaired) electrons. The molecule has 3 heteroatoms. The highest BCUT2D eigenvalue weighted by Gasteiger charge is 2.13. The first-order valence-electron chi connectivity index (χ1n) is 5.08. The van der Waals surface area contributed by atoms with Crippen molar-refractivity contribution in [2.75, 3.05) is 0 Å². The van der Waals surface area contributed by atoms with Crippen molar-refractivity contribution in [2.24, 2.45) is 0 Å². The fourth-order valence-electron chi connectivity index (χ4n) is 1.66. The zero-order valence-electron chi connectivity index (χ0n) is 8.91. The first-order valence-corrected chi connectivity index (χ1v) is 7.32. The molecule has 1 atom stereocenters. The molecule has 1 heterocycles. The molecule has 0 aliphatic rings. The summed E-state index contributed by atoms with van der Waals surface area (Å²) < 4.78 is 0. The summed E-state index contributed by atoms with van der Waals surface area (Å²) >= 11 is 11.6. The van der Waals surface area contributed by atoms with Gasteiger partial charge in [0.2, 0.25) is 0 Å². The monoisotopic (exact) mass is 314 g/mol. The molecular formula is C13H12BrClS. The number of aryl methyl sites for hydroxylation is 1. The van der Waals surface area contributed by atoms with Crippen molar-refractivity contribution in [1.82, 2.24) is 0 Å². The third-order valence-corrected chi connectivity index (χ3v) is 4.65. The van der Waals surface area contributed by atoms with Crippen LogP contribution in [-0.4, -0.2) is 0 Å². The van der Waals surface area contributed by atoms with Crippen LogP contribution in [0.1, 0.15) is 21.5 Å². The Morgan fingerprint density at radius 3 is 2.69 bits per heavy atom. The number of alkyl halides is 1. The first kappa shape index (κ1) is 12.2. The van der Waals surface area contributed by atoms with E-state index in [1.807, 2.05) is 18.2 Å². The van der Waals surface area contributed by atoms with E-state index in [1.165, 1.54) is 16.7 Å². The Bertz CT molecular complexity index is 478. The van der Waals surface area contributed by atoms with Gasteiger partial charge in [-0.15, -0.1) is 0 Å². The minimum absolute atomic E-state index is 0.346. The normalized spacial score (nSPS) is 12.7. The van der Waals surface area contributed by atoms with Crippen LogP contribution in [0.5, 0.6) is 0 Å². The number of benzene rings is 1. The Hall–Kier alpha value is -0.310. The lowest BCUT2D eigenvalue weighted by Crippen LogP contribution is -1.96. The number of halogens is 2. The molecule has 0 N–H and O–H groups in total. The molecule has 0 bridgehead atoms. The summed E-state index contributed by atoms with van der Waals surface area (Å²) in [5.41, 5.74) is 3.90. The predicted octanol–water partition coefficient (Wildman–Crippen LogP) is 5.39. The molecular weight excluding hydrogens is 304 g/mol. The van der Waals surface area contributed by atoms with E-state index in [9.17, 15) is 0 Å². The van der Waals surface area contributed by atoms with Gasteiger partial charge in [0, 0.05) is 9.85 Å². The second-order valence-electron chi connectivity index (χ2n) is 3.77. The molecule has 0 amide bonds. The third-order valence-electron chi connectivity index (χ3n) is 2.59. The van der Waals surface area contributed by atoms with Crippen LogP contribution in [0.3, 0.4) is 0 Å². The van der Waals surface area contributed by atoms with Crippen molar-refractivity contribution < 1.29 is 0 Å². The predicted molar refractivity (Wildman–Crippen MR) is 75.9 cm³/mol. The number of rotatable bonds is 3. The van der Waals surface area contributed by atoms with E-state index in [0.717, 1.165) is 11.4 Å². The quantitative estimate of drug-likeness (QED) is 0.666. The zero-order chi connectivity index (χ0) is 11.5. The third kappa shape index (κ3) is 2.68. The molecule has 84 valence electrons. The molecule has 0 spiro atoms. The van der Waals surface area contributed by atoms with Crippen LogP contribution in [0, 0.1) is 6.92 Å². The summed E-state index contributed by atoms with van der Waals surface area (Å²) in [5, 5.41) is 5.22. The van der Waals surface area contributed by atoms with E-state index in [0.29, 0.717) is 4.83 Å². The lowest BCUT2D eigenvalue weighted by molar-refractivity contribution is 0.945. The van der Waals surface area contributed by atoms with Gasteiger partial charge in [-0.3, -0.25) is 0 Å². The second-order valence-corrected chi connectivity index (χ2v) is 6.03. The number of hydrogen-bond acceptors (Lipinski definition) is 1. The van der Waals surface area contributed by atoms with E-state index < -0.39 is 0 Å². The molecule has 0 saturated heterocycles. The van der Waals surface area contributed by atoms with Crippen LogP contribution in [0.4, 0.5) is 0 Å². The van der Waals surface area contributed by atoms with Crippen molar-refractivity contribution in [3.8, 4) is 0 Å². The molecule has 16 heavy (non-hydrogen) atoms. The molecule has 2 aromatic rings. The molecule has 1 unspecified atom stereocenters. The summed E-state index contributed by atoms with van der Waals surface area (Å²) in [4.78, 5) is 0.346. The van der Waals surface area contributed by atoms with E-state index in [-0.39, 0.29) is 0 Å². The van der Waals surface area contributed by atoms with E-state index in [2.05, 4.69) is 39.7 Å². The standard InChI is InChI=1S/C13H12BrClS/c1-9-7-16-8-11(9)12(14)6-10-4-2-3-5-13(10)15/h2-5,7-8,12H,6H2,1H3. The largest absolute Gasteiger partial charge is 0.152 e. The topological polar surface area (TPSA) is 0 Å². The minimum Gasteiger partial charge on any atom is -0.152 e. The summed E-state index contributed by atoms with van der Waals surface area (Å²) in [6, 6.07) is 8.02. The Balaban J connectivity index is 2.17. The summed E-state index contributed by atoms with van der Waals surface area (Å²) in [7, 11) is 0. The smallest absolute Gasteiger partial charge is 0.0447 e. The highest BCUT2D eigenvalue weighted by molar-refractivity contribution is 9.09. The van der Waals surface area contributed by atoms with Crippen molar-refractivity contribution in [3.63, 3.8) is 0 Å². The summed E-state index contributed by atoms with van der Waals surface area (Å²) in [6.45, 7) is 2.15. The lowest BCUT2D eigenvalue weighted by Gasteiger charge is -2.11. The fraction of sp³-hybridized carbons (Fsp3) is 0.231. The van der Waals surface area contributed by atoms with Crippen molar-refractivity contribution in [2.45, 2.75) is 18.2 Å². The number of hydrogen-bond donors (Lipinski definition) is 0. The fourth-order valence-corrected chi connectivity index (χ4v) is 3.79. The summed E-state index contributed by atoms with van der Waals surface area (Å²) in [6.07, 6.45) is 0.928. The Morgan fingerprint density at radius 1 is 1.31 bits per heavy atom. The van der Waals surface area contributed by atoms with E-state index >= 15 is 0 Å². The highest BCUT2D eigenvalue weighted by atomic mass is 79.9. The van der Waals surface area contributed by atoms with Crippen LogP contribution < -0.4 is 0 Å². The molecule has 1 aromatic carbocycles. The second kappa shape index (κ2) is 5.35. The first-order chi connectivity index (χ1) is 7.68. The van der Waals surface area contributed by atoms with Gasteiger partial charge in [0.05, 0.1) is 0 Å². The molecule has 0 aliphatic carbocycles. The van der Waals surface area contributed by atoms with Gasteiger partial charge in [-0.05, 0) is 46.9 Å². The zero-order valence-corrected chi connectivity index (χ0v) is 12.1. The van der Waals surface area contributed by atoms with Crippen molar-refractivity contribution in [1.29, 1.82) is 0 Å². The van der Waals surface area contributed by atoms with Gasteiger partial charge >= 0.3 is 0 Å². The molecule has 0 aliphatic heterocycles. The van der Waals surface area contributed by atoms with E-state index in [4.69, 9.17) is 11.6 Å². The van der Waals surface area contributed by atoms with Crippen LogP contribution in [0.2, 0.25) is 5.02 Å². The van der Waals surface area contributed by atoms with Gasteiger partial charge < -0.3 is 0 Å². The van der Waals surface area contributed by atoms with Gasteiger partial charge in [0.1, 0.15) is 0 Å². The highest BCUT2D eigenvalue weighted by Crippen LogP contribution is 2.33. The molecule has 0 nitrogen and oxygen atoms in total. The Labute approximate surface area is 113 Å². The minimum atomic E-state index is 0.346. The van der Waals surface area contributed by atoms with Gasteiger partial charge in [-0.25, -0.2) is 0 Å². The molecule has 0 saturated carbocycles. The van der Waals surface area contributed by atoms with Crippen LogP contribution in [-0.2, 0) is 6.42 Å². The molecule has 1 aromatic heterocycles. The Kier molecular flexibility index (Phi) is 4.06. The van der Waals surface area contributed by atoms with Crippen molar-refractivity contribution >= 4 is 38.9 Å². The van der Waals surface area contributed by atoms with Gasteiger partial charge in [0.15, 0.2) is 0 Å². The SMILES string of the molecule is Cc1cscc1C(Br)Cc1ccccc1Cl. The average Bonchev–Trinajstić information content (AvgIpc) is 2.68. The van der Waals surface area contributed by atoms with Gasteiger partial charge in [-0.2, -0.15) is 11.3 Å². The van der Waals surface area contributed by atoms with Crippen LogP contribution in [0.25, 0.3) is 0 Å². The van der Waals surface area contributed by atoms with Crippen LogP contribution >= 0.6 is 38.9 Å². The summed E-state index contributed by atoms with van der Waals surface area (Å²) in [5.74, 6) is 0. The maximum absolute atomic E-state index is 6.15. The molecule has 2 rings (SSSR count). The Morgan fingerprint density at radius 2 is 2.06 bits per heavy atom. The van der Waals surface area contributed by atoms with E-state index in [1.54, 1.807) is 11.3 Å². The lowest BCUT2D eigenvalue weighted by atomic mass is 10.0. The maximum Gasteiger partial charge on any atom is 0.0447 e. The molecule has 0 fully saturated rings.